The quantitative estimate of drug-likeness (QED) is 0.111. The molecule has 0 radical (unpaired) electrons. The maximum Gasteiger partial charge on any atom is 0.311 e. The molecule has 0 aliphatic carbocycles. The Kier molecular flexibility index (Phi) is 17.4. The molecule has 0 bridgehead atoms. The zero-order valence-electron chi connectivity index (χ0n) is 21.6. The topological polar surface area (TPSA) is 52.6 Å². The van der Waals surface area contributed by atoms with E-state index in [1.165, 1.54) is 51.4 Å². The Balaban J connectivity index is 2.67. The number of rotatable bonds is 20. The Morgan fingerprint density at radius 3 is 1.55 bits per heavy atom. The van der Waals surface area contributed by atoms with Crippen molar-refractivity contribution >= 4 is 11.9 Å². The van der Waals surface area contributed by atoms with Crippen molar-refractivity contribution in [3.8, 4) is 11.5 Å². The molecular weight excluding hydrogens is 412 g/mol. The zero-order chi connectivity index (χ0) is 24.2. The molecule has 188 valence electrons. The maximum atomic E-state index is 12.4. The molecule has 0 unspecified atom stereocenters. The summed E-state index contributed by atoms with van der Waals surface area (Å²) in [6.45, 7) is 6.58. The third kappa shape index (κ3) is 14.8. The van der Waals surface area contributed by atoms with Crippen LogP contribution in [0.15, 0.2) is 18.2 Å². The van der Waals surface area contributed by atoms with Gasteiger partial charge in [0.25, 0.3) is 0 Å². The van der Waals surface area contributed by atoms with Crippen molar-refractivity contribution < 1.29 is 19.1 Å². The van der Waals surface area contributed by atoms with E-state index in [0.717, 1.165) is 56.9 Å². The number of carbonyl (C=O) groups excluding carboxylic acids is 2. The number of hydrogen-bond acceptors (Lipinski definition) is 4. The number of ether oxygens (including phenoxy) is 2. The number of hydrogen-bond donors (Lipinski definition) is 0. The van der Waals surface area contributed by atoms with Crippen LogP contribution in [0.2, 0.25) is 0 Å². The van der Waals surface area contributed by atoms with Crippen LogP contribution < -0.4 is 9.47 Å². The second kappa shape index (κ2) is 19.6. The predicted octanol–water partition coefficient (Wildman–Crippen LogP) is 8.73. The van der Waals surface area contributed by atoms with E-state index >= 15 is 0 Å². The number of esters is 2. The molecule has 0 heterocycles. The summed E-state index contributed by atoms with van der Waals surface area (Å²) < 4.78 is 11.3. The lowest BCUT2D eigenvalue weighted by atomic mass is 10.0. The van der Waals surface area contributed by atoms with Gasteiger partial charge in [0.05, 0.1) is 0 Å². The molecule has 0 spiro atoms. The van der Waals surface area contributed by atoms with Crippen molar-refractivity contribution in [2.45, 2.75) is 136 Å². The summed E-state index contributed by atoms with van der Waals surface area (Å²) in [4.78, 5) is 24.8. The van der Waals surface area contributed by atoms with Gasteiger partial charge in [0.2, 0.25) is 0 Å². The maximum absolute atomic E-state index is 12.4. The second-order valence-corrected chi connectivity index (χ2v) is 9.22. The molecule has 0 atom stereocenters. The first-order valence-electron chi connectivity index (χ1n) is 13.6. The lowest BCUT2D eigenvalue weighted by Gasteiger charge is -2.13. The van der Waals surface area contributed by atoms with E-state index in [9.17, 15) is 9.59 Å². The van der Waals surface area contributed by atoms with Crippen LogP contribution in [0.4, 0.5) is 0 Å². The Bertz CT molecular complexity index is 653. The molecular formula is C29H48O4. The van der Waals surface area contributed by atoms with Crippen LogP contribution in [0.5, 0.6) is 11.5 Å². The van der Waals surface area contributed by atoms with Gasteiger partial charge < -0.3 is 9.47 Å². The Labute approximate surface area is 202 Å². The van der Waals surface area contributed by atoms with Crippen LogP contribution in [0.1, 0.15) is 135 Å². The molecule has 0 aliphatic heterocycles. The fourth-order valence-corrected chi connectivity index (χ4v) is 3.90. The van der Waals surface area contributed by atoms with Gasteiger partial charge in [0, 0.05) is 12.8 Å². The Hall–Kier alpha value is -1.84. The fourth-order valence-electron chi connectivity index (χ4n) is 3.90. The normalized spacial score (nSPS) is 10.9. The first-order valence-corrected chi connectivity index (χ1v) is 13.6. The van der Waals surface area contributed by atoms with E-state index in [2.05, 4.69) is 20.8 Å². The van der Waals surface area contributed by atoms with Crippen LogP contribution in [0.3, 0.4) is 0 Å². The van der Waals surface area contributed by atoms with Gasteiger partial charge in [-0.05, 0) is 43.4 Å². The molecule has 4 heteroatoms. The van der Waals surface area contributed by atoms with Gasteiger partial charge in [0.1, 0.15) is 0 Å². The van der Waals surface area contributed by atoms with Gasteiger partial charge in [-0.1, -0.05) is 104 Å². The van der Waals surface area contributed by atoms with Gasteiger partial charge in [-0.25, -0.2) is 0 Å². The highest BCUT2D eigenvalue weighted by Gasteiger charge is 2.15. The summed E-state index contributed by atoms with van der Waals surface area (Å²) in [5.74, 6) is 0.251. The van der Waals surface area contributed by atoms with Crippen molar-refractivity contribution in [1.82, 2.24) is 0 Å². The summed E-state index contributed by atoms with van der Waals surface area (Å²) >= 11 is 0. The van der Waals surface area contributed by atoms with E-state index in [0.29, 0.717) is 24.3 Å². The van der Waals surface area contributed by atoms with Crippen molar-refractivity contribution in [3.05, 3.63) is 23.8 Å². The summed E-state index contributed by atoms with van der Waals surface area (Å²) in [6.07, 6.45) is 18.6. The number of carbonyl (C=O) groups is 2. The first-order chi connectivity index (χ1) is 16.1. The van der Waals surface area contributed by atoms with Crippen LogP contribution in [0.25, 0.3) is 0 Å². The minimum absolute atomic E-state index is 0.247. The Morgan fingerprint density at radius 1 is 0.576 bits per heavy atom. The molecule has 0 aliphatic rings. The van der Waals surface area contributed by atoms with Crippen LogP contribution in [0, 0.1) is 0 Å². The van der Waals surface area contributed by atoms with E-state index in [-0.39, 0.29) is 11.9 Å². The average Bonchev–Trinajstić information content (AvgIpc) is 2.80. The molecule has 0 fully saturated rings. The molecule has 0 saturated carbocycles. The largest absolute Gasteiger partial charge is 0.423 e. The van der Waals surface area contributed by atoms with Gasteiger partial charge >= 0.3 is 11.9 Å². The minimum atomic E-state index is -0.254. The average molecular weight is 461 g/mol. The summed E-state index contributed by atoms with van der Waals surface area (Å²) in [5.41, 5.74) is 1.12. The lowest BCUT2D eigenvalue weighted by Crippen LogP contribution is -2.12. The predicted molar refractivity (Wildman–Crippen MR) is 137 cm³/mol. The van der Waals surface area contributed by atoms with Gasteiger partial charge in [-0.15, -0.1) is 0 Å². The molecule has 1 aromatic rings. The first kappa shape index (κ1) is 29.2. The van der Waals surface area contributed by atoms with Crippen LogP contribution in [-0.2, 0) is 16.0 Å². The van der Waals surface area contributed by atoms with Gasteiger partial charge in [0.15, 0.2) is 11.5 Å². The molecule has 33 heavy (non-hydrogen) atoms. The van der Waals surface area contributed by atoms with E-state index in [4.69, 9.17) is 9.47 Å². The van der Waals surface area contributed by atoms with E-state index < -0.39 is 0 Å². The highest BCUT2D eigenvalue weighted by atomic mass is 16.6. The third-order valence-corrected chi connectivity index (χ3v) is 5.99. The highest BCUT2D eigenvalue weighted by molar-refractivity contribution is 5.76. The SMILES string of the molecule is CCCCCCCC(=O)Oc1ccc(CCCCCCC)cc1OC(=O)CCCCCCC. The van der Waals surface area contributed by atoms with E-state index in [1.807, 2.05) is 12.1 Å². The molecule has 4 nitrogen and oxygen atoms in total. The zero-order valence-corrected chi connectivity index (χ0v) is 21.6. The molecule has 1 rings (SSSR count). The molecule has 0 saturated heterocycles. The summed E-state index contributed by atoms with van der Waals surface area (Å²) in [7, 11) is 0. The van der Waals surface area contributed by atoms with Gasteiger partial charge in [-0.2, -0.15) is 0 Å². The smallest absolute Gasteiger partial charge is 0.311 e. The number of benzene rings is 1. The highest BCUT2D eigenvalue weighted by Crippen LogP contribution is 2.30. The second-order valence-electron chi connectivity index (χ2n) is 9.22. The standard InChI is InChI=1S/C29H48O4/c1-4-7-10-13-16-19-25-22-23-26(32-28(30)20-17-14-11-8-5-2)27(24-25)33-29(31)21-18-15-12-9-6-3/h22-24H,4-21H2,1-3H3. The number of unbranched alkanes of at least 4 members (excludes halogenated alkanes) is 12. The van der Waals surface area contributed by atoms with Crippen molar-refractivity contribution in [2.75, 3.05) is 0 Å². The van der Waals surface area contributed by atoms with Crippen molar-refractivity contribution in [2.24, 2.45) is 0 Å². The Morgan fingerprint density at radius 2 is 1.03 bits per heavy atom. The molecule has 1 aromatic carbocycles. The number of aryl methyl sites for hydroxylation is 1. The minimum Gasteiger partial charge on any atom is -0.423 e. The fraction of sp³-hybridized carbons (Fsp3) is 0.724. The molecule has 0 N–H and O–H groups in total. The lowest BCUT2D eigenvalue weighted by molar-refractivity contribution is -0.137. The summed E-state index contributed by atoms with van der Waals surface area (Å²) in [6, 6.07) is 5.67. The van der Waals surface area contributed by atoms with E-state index in [1.54, 1.807) is 6.07 Å². The van der Waals surface area contributed by atoms with Gasteiger partial charge in [-0.3, -0.25) is 9.59 Å². The molecule has 0 amide bonds. The molecule has 0 aromatic heterocycles. The van der Waals surface area contributed by atoms with Crippen molar-refractivity contribution in [1.29, 1.82) is 0 Å². The monoisotopic (exact) mass is 460 g/mol. The third-order valence-electron chi connectivity index (χ3n) is 5.99. The van der Waals surface area contributed by atoms with Crippen LogP contribution in [-0.4, -0.2) is 11.9 Å². The van der Waals surface area contributed by atoms with Crippen LogP contribution >= 0.6 is 0 Å². The van der Waals surface area contributed by atoms with Crippen molar-refractivity contribution in [3.63, 3.8) is 0 Å². The summed E-state index contributed by atoms with van der Waals surface area (Å²) in [5, 5.41) is 0.